The van der Waals surface area contributed by atoms with Crippen LogP contribution in [0.3, 0.4) is 0 Å². The Hall–Kier alpha value is -5.66. The molecule has 1 aliphatic heterocycles. The van der Waals surface area contributed by atoms with Gasteiger partial charge in [-0.25, -0.2) is 9.78 Å². The van der Waals surface area contributed by atoms with E-state index >= 15 is 0 Å². The number of nitrogens with one attached hydrogen (secondary N) is 3. The predicted octanol–water partition coefficient (Wildman–Crippen LogP) is 5.89. The molecule has 20 heteroatoms. The number of ketones is 1. The molecule has 4 fully saturated rings. The van der Waals surface area contributed by atoms with Crippen molar-refractivity contribution in [3.8, 4) is 11.1 Å². The molecule has 1 aromatic carbocycles. The van der Waals surface area contributed by atoms with Crippen LogP contribution in [0.15, 0.2) is 54.7 Å². The molecule has 2 aromatic heterocycles. The van der Waals surface area contributed by atoms with Gasteiger partial charge in [0, 0.05) is 113 Å². The number of carbonyl (C=O) groups excluding carboxylic acids is 7. The number of hydrogen-bond donors (Lipinski definition) is 4. The molecule has 0 spiro atoms. The van der Waals surface area contributed by atoms with Gasteiger partial charge in [-0.3, -0.25) is 43.1 Å². The number of pyridine rings is 1. The summed E-state index contributed by atoms with van der Waals surface area (Å²) in [4.78, 5) is 104. The number of benzene rings is 1. The number of anilines is 1. The van der Waals surface area contributed by atoms with Crippen LogP contribution in [0, 0.1) is 36.5 Å². The van der Waals surface area contributed by atoms with E-state index in [0.717, 1.165) is 61.3 Å². The number of rotatable bonds is 21. The van der Waals surface area contributed by atoms with E-state index in [1.807, 2.05) is 11.6 Å². The molecule has 4 aliphatic carbocycles. The Morgan fingerprint density at radius 3 is 2.18 bits per heavy atom. The summed E-state index contributed by atoms with van der Waals surface area (Å²) in [5.74, 6) is -4.40. The van der Waals surface area contributed by atoms with E-state index in [0.29, 0.717) is 34.6 Å². The van der Waals surface area contributed by atoms with Gasteiger partial charge in [0.1, 0.15) is 6.61 Å². The van der Waals surface area contributed by atoms with Crippen molar-refractivity contribution in [1.82, 2.24) is 30.3 Å². The zero-order valence-corrected chi connectivity index (χ0v) is 44.4. The first-order chi connectivity index (χ1) is 32.6. The number of nitrogens with zero attached hydrogens (tertiary/aromatic N) is 5. The van der Waals surface area contributed by atoms with E-state index in [1.165, 1.54) is 14.0 Å². The quantitative estimate of drug-likeness (QED) is 0.0552. The summed E-state index contributed by atoms with van der Waals surface area (Å²) in [5, 5.41) is 26.8. The van der Waals surface area contributed by atoms with Gasteiger partial charge in [0.25, 0.3) is 11.8 Å². The number of carboxylic acid groups (broad SMARTS) is 1. The normalized spacial score (nSPS) is 23.5. The van der Waals surface area contributed by atoms with E-state index in [2.05, 4.69) is 40.1 Å². The van der Waals surface area contributed by atoms with Gasteiger partial charge in [-0.05, 0) is 98.4 Å². The molecule has 5 aliphatic rings. The molecular weight excluding hydrogens is 990 g/mol. The van der Waals surface area contributed by atoms with E-state index < -0.39 is 53.3 Å². The molecule has 2 unspecified atom stereocenters. The van der Waals surface area contributed by atoms with Crippen LogP contribution in [0.25, 0.3) is 16.4 Å². The van der Waals surface area contributed by atoms with E-state index in [1.54, 1.807) is 49.5 Å². The van der Waals surface area contributed by atoms with Crippen LogP contribution in [0.4, 0.5) is 10.5 Å². The minimum atomic E-state index is -1.18. The molecule has 4 saturated carbocycles. The van der Waals surface area contributed by atoms with Gasteiger partial charge in [-0.2, -0.15) is 5.10 Å². The van der Waals surface area contributed by atoms with Gasteiger partial charge in [0.05, 0.1) is 30.0 Å². The topological polar surface area (TPSA) is 259 Å². The summed E-state index contributed by atoms with van der Waals surface area (Å²) in [5.41, 5.74) is 2.90. The van der Waals surface area contributed by atoms with Gasteiger partial charge in [-0.15, -0.1) is 6.54 Å². The van der Waals surface area contributed by atoms with Crippen molar-refractivity contribution < 1.29 is 85.6 Å². The zero-order chi connectivity index (χ0) is 49.9. The van der Waals surface area contributed by atoms with Crippen LogP contribution in [0.5, 0.6) is 0 Å². The SMILES string of the molecule is CNC(=O)Cc1ccc(-c2cnn(CC34CC5(C)CC(C)(C3)CC(OCC[N-]C(=O)OCc3ccc(NC(=O)[C@H](C)CC(=O)[C@H](C)NC(=O)CCN6C(=O)C=CC6=O)cc3)(C5)C4)c2C)c(C(=O)O)n1.[CH3-].[Y]. The Bertz CT molecular complexity index is 2540. The maximum Gasteiger partial charge on any atom is 0.355 e. The number of ether oxygens (including phenoxy) is 2. The van der Waals surface area contributed by atoms with Crippen LogP contribution < -0.4 is 16.0 Å². The van der Waals surface area contributed by atoms with Gasteiger partial charge >= 0.3 is 5.97 Å². The average molecular weight is 1050 g/mol. The summed E-state index contributed by atoms with van der Waals surface area (Å²) < 4.78 is 14.2. The number of Topliss-reactive ketones (excluding diaryl/α,β-unsaturated/α-hetero) is 1. The molecule has 3 aromatic rings. The first-order valence-corrected chi connectivity index (χ1v) is 23.3. The largest absolute Gasteiger partial charge is 0.615 e. The Morgan fingerprint density at radius 2 is 1.55 bits per heavy atom. The second kappa shape index (κ2) is 22.8. The fraction of sp³-hybridized carbons (Fsp3) is 0.510. The average Bonchev–Trinajstić information content (AvgIpc) is 3.80. The Labute approximate surface area is 439 Å². The maximum atomic E-state index is 12.9. The fourth-order valence-corrected chi connectivity index (χ4v) is 11.9. The molecule has 4 atom stereocenters. The second-order valence-corrected chi connectivity index (χ2v) is 20.3. The fourth-order valence-electron chi connectivity index (χ4n) is 11.9. The smallest absolute Gasteiger partial charge is 0.355 e. The Kier molecular flexibility index (Phi) is 18.1. The summed E-state index contributed by atoms with van der Waals surface area (Å²) in [7, 11) is 1.52. The summed E-state index contributed by atoms with van der Waals surface area (Å²) >= 11 is 0. The number of imide groups is 1. The van der Waals surface area contributed by atoms with Crippen molar-refractivity contribution in [2.45, 2.75) is 117 Å². The van der Waals surface area contributed by atoms with E-state index in [-0.39, 0.29) is 119 Å². The third kappa shape index (κ3) is 13.5. The van der Waals surface area contributed by atoms with Crippen molar-refractivity contribution in [1.29, 1.82) is 0 Å². The minimum absolute atomic E-state index is 0. The third-order valence-electron chi connectivity index (χ3n) is 13.9. The zero-order valence-electron chi connectivity index (χ0n) is 41.6. The van der Waals surface area contributed by atoms with Gasteiger partial charge < -0.3 is 43.3 Å². The molecule has 8 rings (SSSR count). The van der Waals surface area contributed by atoms with Crippen LogP contribution >= 0.6 is 0 Å². The summed E-state index contributed by atoms with van der Waals surface area (Å²) in [6.45, 7) is 10.6. The molecule has 71 heavy (non-hydrogen) atoms. The number of amides is 6. The number of carbonyl (C=O) groups is 8. The molecule has 0 saturated heterocycles. The number of aromatic carboxylic acids is 1. The Balaban J connectivity index is 0.00000469. The standard InChI is InChI=1S/C50H62N8O11.CH3.Y/c1-30(19-38(59)31(2)54-39(60)15-17-57-41(62)13-14-42(57)63)44(64)56-34-9-7-33(8-10-34)22-68-46(67)52-16-18-69-50-26-47(4)23-48(5,27-50)25-49(24-47,28-50)29-58-32(3)37(21-53-58)36-12-11-35(20-40(61)51-6)55-43(36)45(65)66;;/h7-14,21,30-31H,15-20,22-29H2,1-6H3,(H5,51,52,54,56,60,61,64,65,66,67);1H3;/q;-1;/p-1/t30-,31+,47?,48?,49?,50?;;/m1../s1. The van der Waals surface area contributed by atoms with Crippen LogP contribution in [-0.2, 0) is 90.5 Å². The van der Waals surface area contributed by atoms with Gasteiger partial charge in [0.2, 0.25) is 23.8 Å². The van der Waals surface area contributed by atoms with Crippen molar-refractivity contribution in [2.24, 2.45) is 22.2 Å². The number of hydrogen-bond acceptors (Lipinski definition) is 12. The maximum absolute atomic E-state index is 12.9. The van der Waals surface area contributed by atoms with Crippen LogP contribution in [0.1, 0.15) is 107 Å². The third-order valence-corrected chi connectivity index (χ3v) is 13.9. The van der Waals surface area contributed by atoms with Gasteiger partial charge in [0.15, 0.2) is 11.5 Å². The predicted molar refractivity (Wildman–Crippen MR) is 257 cm³/mol. The number of aromatic nitrogens is 3. The molecule has 379 valence electrons. The molecular formula is C51H64N8O11Y-2. The van der Waals surface area contributed by atoms with Gasteiger partial charge in [-0.1, -0.05) is 32.9 Å². The van der Waals surface area contributed by atoms with Crippen LogP contribution in [0.2, 0.25) is 0 Å². The first kappa shape index (κ1) is 56.3. The van der Waals surface area contributed by atoms with Crippen molar-refractivity contribution in [3.05, 3.63) is 90.1 Å². The molecule has 4 N–H and O–H groups in total. The van der Waals surface area contributed by atoms with Crippen molar-refractivity contribution in [3.63, 3.8) is 0 Å². The van der Waals surface area contributed by atoms with Crippen molar-refractivity contribution in [2.75, 3.05) is 32.1 Å². The second-order valence-electron chi connectivity index (χ2n) is 20.3. The molecule has 3 heterocycles. The molecule has 4 bridgehead atoms. The summed E-state index contributed by atoms with van der Waals surface area (Å²) in [6.07, 6.45) is 8.66. The first-order valence-electron chi connectivity index (χ1n) is 23.3. The number of carboxylic acids is 1. The van der Waals surface area contributed by atoms with E-state index in [4.69, 9.17) is 14.6 Å². The molecule has 1 radical (unpaired) electrons. The van der Waals surface area contributed by atoms with E-state index in [9.17, 15) is 43.5 Å². The van der Waals surface area contributed by atoms with Crippen LogP contribution in [-0.4, -0.2) is 111 Å². The van der Waals surface area contributed by atoms with Crippen molar-refractivity contribution >= 4 is 53.1 Å². The monoisotopic (exact) mass is 1050 g/mol. The molecule has 19 nitrogen and oxygen atoms in total. The minimum Gasteiger partial charge on any atom is -0.615 e. The number of likely N-dealkylation sites (N-methyl/N-ethyl adjacent to an activating group) is 1. The summed E-state index contributed by atoms with van der Waals surface area (Å²) in [6, 6.07) is 9.21. The Morgan fingerprint density at radius 1 is 0.887 bits per heavy atom. The molecule has 6 amide bonds.